The van der Waals surface area contributed by atoms with Crippen LogP contribution in [0.3, 0.4) is 0 Å². The number of benzene rings is 1. The second-order valence-corrected chi connectivity index (χ2v) is 5.50. The van der Waals surface area contributed by atoms with Gasteiger partial charge in [0.1, 0.15) is 5.82 Å². The predicted octanol–water partition coefficient (Wildman–Crippen LogP) is 1.45. The van der Waals surface area contributed by atoms with Crippen molar-refractivity contribution in [3.8, 4) is 0 Å². The Labute approximate surface area is 119 Å². The predicted molar refractivity (Wildman–Crippen MR) is 80.8 cm³/mol. The highest BCUT2D eigenvalue weighted by Gasteiger charge is 2.27. The van der Waals surface area contributed by atoms with Gasteiger partial charge in [0.2, 0.25) is 0 Å². The Balaban J connectivity index is 1.72. The van der Waals surface area contributed by atoms with Crippen molar-refractivity contribution in [2.24, 2.45) is 11.8 Å². The van der Waals surface area contributed by atoms with E-state index in [1.165, 1.54) is 16.7 Å². The molecule has 1 unspecified atom stereocenters. The van der Waals surface area contributed by atoms with Crippen LogP contribution in [0.4, 0.5) is 5.82 Å². The van der Waals surface area contributed by atoms with Crippen molar-refractivity contribution in [2.45, 2.75) is 25.3 Å². The highest BCUT2D eigenvalue weighted by Crippen LogP contribution is 2.29. The number of pyridine rings is 1. The zero-order valence-electron chi connectivity index (χ0n) is 11.4. The molecule has 0 fully saturated rings. The highest BCUT2D eigenvalue weighted by molar-refractivity contribution is 5.34. The topological polar surface area (TPSA) is 77.0 Å². The minimum absolute atomic E-state index is 0.254. The summed E-state index contributed by atoms with van der Waals surface area (Å²) < 4.78 is 0. The minimum Gasteiger partial charge on any atom is -0.384 e. The first kappa shape index (κ1) is 13.1. The first-order chi connectivity index (χ1) is 9.76. The van der Waals surface area contributed by atoms with E-state index in [9.17, 15) is 0 Å². The van der Waals surface area contributed by atoms with Gasteiger partial charge in [0.15, 0.2) is 0 Å². The third kappa shape index (κ3) is 2.66. The number of nitrogen functional groups attached to an aromatic ring is 1. The molecule has 5 N–H and O–H groups in total. The molecule has 3 rings (SSSR count). The molecule has 1 aliphatic carbocycles. The highest BCUT2D eigenvalue weighted by atomic mass is 15.2. The molecular formula is C16H20N4. The lowest BCUT2D eigenvalue weighted by molar-refractivity contribution is 0.367. The van der Waals surface area contributed by atoms with Crippen LogP contribution < -0.4 is 17.0 Å². The van der Waals surface area contributed by atoms with Gasteiger partial charge in [-0.2, -0.15) is 0 Å². The van der Waals surface area contributed by atoms with E-state index < -0.39 is 0 Å². The zero-order chi connectivity index (χ0) is 13.9. The van der Waals surface area contributed by atoms with Gasteiger partial charge < -0.3 is 5.73 Å². The lowest BCUT2D eigenvalue weighted by Crippen LogP contribution is -2.42. The molecule has 4 heteroatoms. The van der Waals surface area contributed by atoms with Gasteiger partial charge in [0.05, 0.1) is 0 Å². The smallest absolute Gasteiger partial charge is 0.123 e. The van der Waals surface area contributed by atoms with E-state index in [-0.39, 0.29) is 6.04 Å². The molecule has 1 aromatic heterocycles. The van der Waals surface area contributed by atoms with Crippen LogP contribution >= 0.6 is 0 Å². The third-order valence-electron chi connectivity index (χ3n) is 4.17. The number of hydrogen-bond donors (Lipinski definition) is 3. The Morgan fingerprint density at radius 2 is 1.90 bits per heavy atom. The Morgan fingerprint density at radius 3 is 2.50 bits per heavy atom. The normalized spacial score (nSPS) is 16.1. The molecule has 0 amide bonds. The van der Waals surface area contributed by atoms with Crippen LogP contribution in [0, 0.1) is 5.92 Å². The molecule has 4 nitrogen and oxygen atoms in total. The molecule has 0 saturated carbocycles. The number of nitrogens with one attached hydrogen (secondary N) is 1. The molecule has 104 valence electrons. The van der Waals surface area contributed by atoms with Crippen molar-refractivity contribution in [1.29, 1.82) is 0 Å². The molecule has 1 heterocycles. The van der Waals surface area contributed by atoms with Crippen molar-refractivity contribution in [3.05, 3.63) is 59.3 Å². The van der Waals surface area contributed by atoms with Gasteiger partial charge in [-0.3, -0.25) is 11.3 Å². The average Bonchev–Trinajstić information content (AvgIpc) is 2.88. The maximum atomic E-state index is 5.78. The van der Waals surface area contributed by atoms with Crippen LogP contribution in [0.15, 0.2) is 42.6 Å². The lowest BCUT2D eigenvalue weighted by Gasteiger charge is -2.22. The first-order valence-corrected chi connectivity index (χ1v) is 6.99. The zero-order valence-corrected chi connectivity index (χ0v) is 11.4. The molecule has 1 aromatic carbocycles. The van der Waals surface area contributed by atoms with Crippen molar-refractivity contribution < 1.29 is 0 Å². The Bertz CT molecular complexity index is 572. The van der Waals surface area contributed by atoms with Crippen molar-refractivity contribution in [1.82, 2.24) is 10.4 Å². The van der Waals surface area contributed by atoms with E-state index >= 15 is 0 Å². The van der Waals surface area contributed by atoms with E-state index in [4.69, 9.17) is 11.6 Å². The summed E-state index contributed by atoms with van der Waals surface area (Å²) in [6.45, 7) is 0. The fraction of sp³-hybridized carbons (Fsp3) is 0.312. The number of nitrogens with zero attached hydrogens (tertiary/aromatic N) is 1. The summed E-state index contributed by atoms with van der Waals surface area (Å²) >= 11 is 0. The number of nitrogens with two attached hydrogens (primary N) is 2. The summed E-state index contributed by atoms with van der Waals surface area (Å²) in [6, 6.07) is 12.8. The Kier molecular flexibility index (Phi) is 3.67. The molecule has 0 saturated heterocycles. The van der Waals surface area contributed by atoms with Gasteiger partial charge in [-0.25, -0.2) is 4.98 Å². The number of fused-ring (bicyclic) bond motifs is 1. The number of hydrogen-bond acceptors (Lipinski definition) is 4. The van der Waals surface area contributed by atoms with E-state index in [1.54, 1.807) is 6.20 Å². The third-order valence-corrected chi connectivity index (χ3v) is 4.17. The first-order valence-electron chi connectivity index (χ1n) is 6.99. The van der Waals surface area contributed by atoms with Crippen molar-refractivity contribution in [2.75, 3.05) is 5.73 Å². The van der Waals surface area contributed by atoms with Crippen LogP contribution in [0.1, 0.15) is 16.7 Å². The number of anilines is 1. The second kappa shape index (κ2) is 5.61. The molecule has 1 atom stereocenters. The van der Waals surface area contributed by atoms with Crippen LogP contribution in [-0.2, 0) is 19.3 Å². The fourth-order valence-corrected chi connectivity index (χ4v) is 3.11. The lowest BCUT2D eigenvalue weighted by atomic mass is 9.92. The molecule has 0 spiro atoms. The monoisotopic (exact) mass is 268 g/mol. The van der Waals surface area contributed by atoms with Crippen molar-refractivity contribution >= 4 is 5.82 Å². The molecule has 0 bridgehead atoms. The van der Waals surface area contributed by atoms with Gasteiger partial charge in [-0.05, 0) is 54.0 Å². The summed E-state index contributed by atoms with van der Waals surface area (Å²) in [5.41, 5.74) is 12.8. The summed E-state index contributed by atoms with van der Waals surface area (Å²) in [6.07, 6.45) is 4.81. The summed E-state index contributed by atoms with van der Waals surface area (Å²) in [5, 5.41) is 0. The minimum atomic E-state index is 0.254. The standard InChI is InChI=1S/C16H20N4/c17-16-8-11(5-6-19-16)7-15(20-18)14-9-12-3-1-2-4-13(12)10-14/h1-6,8,14-15,20H,7,9-10,18H2,(H2,17,19). The second-order valence-electron chi connectivity index (χ2n) is 5.50. The summed E-state index contributed by atoms with van der Waals surface area (Å²) in [4.78, 5) is 4.03. The molecule has 0 radical (unpaired) electrons. The molecule has 0 aliphatic heterocycles. The van der Waals surface area contributed by atoms with Gasteiger partial charge in [-0.1, -0.05) is 24.3 Å². The molecule has 2 aromatic rings. The van der Waals surface area contributed by atoms with E-state index in [1.807, 2.05) is 12.1 Å². The van der Waals surface area contributed by atoms with Crippen LogP contribution in [0.2, 0.25) is 0 Å². The number of aromatic nitrogens is 1. The van der Waals surface area contributed by atoms with Crippen molar-refractivity contribution in [3.63, 3.8) is 0 Å². The largest absolute Gasteiger partial charge is 0.384 e. The molecular weight excluding hydrogens is 248 g/mol. The maximum absolute atomic E-state index is 5.78. The van der Waals surface area contributed by atoms with Gasteiger partial charge in [0, 0.05) is 12.2 Å². The Morgan fingerprint density at radius 1 is 1.20 bits per heavy atom. The Hall–Kier alpha value is -1.91. The quantitative estimate of drug-likeness (QED) is 0.579. The molecule has 20 heavy (non-hydrogen) atoms. The van der Waals surface area contributed by atoms with Gasteiger partial charge in [0.25, 0.3) is 0 Å². The van der Waals surface area contributed by atoms with Gasteiger partial charge >= 0.3 is 0 Å². The maximum Gasteiger partial charge on any atom is 0.123 e. The van der Waals surface area contributed by atoms with E-state index in [0.29, 0.717) is 11.7 Å². The summed E-state index contributed by atoms with van der Waals surface area (Å²) in [7, 11) is 0. The summed E-state index contributed by atoms with van der Waals surface area (Å²) in [5.74, 6) is 6.87. The average molecular weight is 268 g/mol. The van der Waals surface area contributed by atoms with Crippen LogP contribution in [0.5, 0.6) is 0 Å². The SMILES string of the molecule is NNC(Cc1ccnc(N)c1)C1Cc2ccccc2C1. The fourth-order valence-electron chi connectivity index (χ4n) is 3.11. The van der Waals surface area contributed by atoms with Crippen LogP contribution in [-0.4, -0.2) is 11.0 Å². The molecule has 1 aliphatic rings. The number of rotatable bonds is 4. The van der Waals surface area contributed by atoms with Crippen LogP contribution in [0.25, 0.3) is 0 Å². The van der Waals surface area contributed by atoms with E-state index in [2.05, 4.69) is 34.7 Å². The van der Waals surface area contributed by atoms with E-state index in [0.717, 1.165) is 19.3 Å². The van der Waals surface area contributed by atoms with Gasteiger partial charge in [-0.15, -0.1) is 0 Å². The number of hydrazine groups is 1.